The monoisotopic (exact) mass is 212 g/mol. The van der Waals surface area contributed by atoms with Gasteiger partial charge in [0.05, 0.1) is 13.0 Å². The molecule has 0 aliphatic heterocycles. The lowest BCUT2D eigenvalue weighted by molar-refractivity contribution is -0.139. The first kappa shape index (κ1) is 13.5. The normalized spacial score (nSPS) is 11.0. The number of rotatable bonds is 6. The van der Waals surface area contributed by atoms with Crippen molar-refractivity contribution in [1.82, 2.24) is 0 Å². The second-order valence-electron chi connectivity index (χ2n) is 3.31. The zero-order valence-electron chi connectivity index (χ0n) is 9.33. The summed E-state index contributed by atoms with van der Waals surface area (Å²) in [6, 6.07) is 0. The number of carbonyl (C=O) groups is 3. The van der Waals surface area contributed by atoms with Crippen molar-refractivity contribution in [3.63, 3.8) is 0 Å². The van der Waals surface area contributed by atoms with Gasteiger partial charge in [0, 0.05) is 5.57 Å². The highest BCUT2D eigenvalue weighted by atomic mass is 16.5. The molecule has 0 heterocycles. The van der Waals surface area contributed by atoms with E-state index in [2.05, 4.69) is 0 Å². The molecule has 0 unspecified atom stereocenters. The van der Waals surface area contributed by atoms with Crippen molar-refractivity contribution in [2.24, 2.45) is 0 Å². The molecule has 0 atom stereocenters. The predicted octanol–water partition coefficient (Wildman–Crippen LogP) is 1.43. The largest absolute Gasteiger partial charge is 0.462 e. The van der Waals surface area contributed by atoms with Gasteiger partial charge in [0.2, 0.25) is 0 Å². The molecule has 0 saturated heterocycles. The molecule has 0 amide bonds. The van der Waals surface area contributed by atoms with E-state index in [1.54, 1.807) is 0 Å². The van der Waals surface area contributed by atoms with Gasteiger partial charge in [-0.1, -0.05) is 6.92 Å². The van der Waals surface area contributed by atoms with Crippen LogP contribution >= 0.6 is 0 Å². The Labute approximate surface area is 89.3 Å². The van der Waals surface area contributed by atoms with E-state index in [4.69, 9.17) is 4.74 Å². The molecule has 84 valence electrons. The van der Waals surface area contributed by atoms with Crippen LogP contribution < -0.4 is 0 Å². The zero-order valence-corrected chi connectivity index (χ0v) is 9.33. The lowest BCUT2D eigenvalue weighted by atomic mass is 10.1. The van der Waals surface area contributed by atoms with Gasteiger partial charge in [-0.05, 0) is 26.3 Å². The quantitative estimate of drug-likeness (QED) is 0.379. The summed E-state index contributed by atoms with van der Waals surface area (Å²) in [6.45, 7) is 5.05. The van der Waals surface area contributed by atoms with Crippen LogP contribution in [0.25, 0.3) is 0 Å². The average Bonchev–Trinajstić information content (AvgIpc) is 2.12. The fourth-order valence-corrected chi connectivity index (χ4v) is 0.905. The smallest absolute Gasteiger partial charge is 0.333 e. The minimum absolute atomic E-state index is 0.168. The van der Waals surface area contributed by atoms with Crippen LogP contribution in [0.3, 0.4) is 0 Å². The Kier molecular flexibility index (Phi) is 6.25. The molecule has 0 aliphatic rings. The molecular weight excluding hydrogens is 196 g/mol. The molecule has 0 saturated carbocycles. The number of hydrogen-bond donors (Lipinski definition) is 0. The van der Waals surface area contributed by atoms with Crippen molar-refractivity contribution in [2.45, 2.75) is 33.6 Å². The maximum Gasteiger partial charge on any atom is 0.333 e. The molecule has 0 aliphatic carbocycles. The van der Waals surface area contributed by atoms with Crippen LogP contribution in [0.2, 0.25) is 0 Å². The summed E-state index contributed by atoms with van der Waals surface area (Å²) >= 11 is 0. The fraction of sp³-hybridized carbons (Fsp3) is 0.545. The Hall–Kier alpha value is -1.45. The van der Waals surface area contributed by atoms with Crippen molar-refractivity contribution in [1.29, 1.82) is 0 Å². The van der Waals surface area contributed by atoms with E-state index in [1.165, 1.54) is 13.8 Å². The highest BCUT2D eigenvalue weighted by Gasteiger charge is 2.08. The van der Waals surface area contributed by atoms with Gasteiger partial charge in [0.25, 0.3) is 0 Å². The molecule has 0 aromatic rings. The van der Waals surface area contributed by atoms with Crippen LogP contribution in [0.15, 0.2) is 11.6 Å². The van der Waals surface area contributed by atoms with Gasteiger partial charge in [0.15, 0.2) is 5.78 Å². The molecule has 0 spiro atoms. The Bertz CT molecular complexity index is 289. The summed E-state index contributed by atoms with van der Waals surface area (Å²) in [5.74, 6) is -1.09. The fourth-order valence-electron chi connectivity index (χ4n) is 0.905. The van der Waals surface area contributed by atoms with Gasteiger partial charge in [-0.2, -0.15) is 0 Å². The number of esters is 1. The molecule has 0 aromatic carbocycles. The van der Waals surface area contributed by atoms with E-state index in [-0.39, 0.29) is 23.6 Å². The second kappa shape index (κ2) is 6.92. The Morgan fingerprint density at radius 2 is 1.80 bits per heavy atom. The maximum absolute atomic E-state index is 11.2. The van der Waals surface area contributed by atoms with Gasteiger partial charge >= 0.3 is 5.97 Å². The van der Waals surface area contributed by atoms with E-state index in [0.717, 1.165) is 12.5 Å². The van der Waals surface area contributed by atoms with Crippen LogP contribution in [0.4, 0.5) is 0 Å². The lowest BCUT2D eigenvalue weighted by Gasteiger charge is -2.02. The first-order chi connectivity index (χ1) is 6.97. The number of Topliss-reactive ketones (excluding diaryl/α,β-unsaturated/α-hetero) is 1. The van der Waals surface area contributed by atoms with Crippen molar-refractivity contribution < 1.29 is 19.1 Å². The Morgan fingerprint density at radius 1 is 1.20 bits per heavy atom. The predicted molar refractivity (Wildman–Crippen MR) is 55.3 cm³/mol. The molecule has 0 N–H and O–H groups in total. The third kappa shape index (κ3) is 6.60. The van der Waals surface area contributed by atoms with Gasteiger partial charge in [-0.15, -0.1) is 0 Å². The van der Waals surface area contributed by atoms with Crippen molar-refractivity contribution >= 4 is 17.5 Å². The third-order valence-corrected chi connectivity index (χ3v) is 1.56. The van der Waals surface area contributed by atoms with E-state index < -0.39 is 5.97 Å². The summed E-state index contributed by atoms with van der Waals surface area (Å²) in [4.78, 5) is 32.9. The van der Waals surface area contributed by atoms with Crippen molar-refractivity contribution in [2.75, 3.05) is 6.61 Å². The van der Waals surface area contributed by atoms with E-state index in [0.29, 0.717) is 6.61 Å². The highest BCUT2D eigenvalue weighted by molar-refractivity contribution is 6.06. The Morgan fingerprint density at radius 3 is 2.27 bits per heavy atom. The second-order valence-corrected chi connectivity index (χ2v) is 3.31. The van der Waals surface area contributed by atoms with Gasteiger partial charge in [0.1, 0.15) is 5.78 Å². The summed E-state index contributed by atoms with van der Waals surface area (Å²) in [6.07, 6.45) is 1.72. The van der Waals surface area contributed by atoms with Crippen LogP contribution in [0, 0.1) is 0 Å². The van der Waals surface area contributed by atoms with Gasteiger partial charge in [-0.3, -0.25) is 9.59 Å². The zero-order chi connectivity index (χ0) is 11.8. The number of allylic oxidation sites excluding steroid dienone is 1. The summed E-state index contributed by atoms with van der Waals surface area (Å²) in [7, 11) is 0. The molecule has 4 nitrogen and oxygen atoms in total. The molecule has 0 fully saturated rings. The van der Waals surface area contributed by atoms with Crippen LogP contribution in [0.1, 0.15) is 33.6 Å². The summed E-state index contributed by atoms with van der Waals surface area (Å²) in [5.41, 5.74) is 0.231. The summed E-state index contributed by atoms with van der Waals surface area (Å²) < 4.78 is 4.81. The number of ether oxygens (including phenoxy) is 1. The summed E-state index contributed by atoms with van der Waals surface area (Å²) in [5, 5.41) is 0. The third-order valence-electron chi connectivity index (χ3n) is 1.56. The van der Waals surface area contributed by atoms with Gasteiger partial charge in [-0.25, -0.2) is 4.79 Å². The molecule has 0 aromatic heterocycles. The maximum atomic E-state index is 11.2. The average molecular weight is 212 g/mol. The van der Waals surface area contributed by atoms with E-state index in [1.807, 2.05) is 6.92 Å². The number of carbonyl (C=O) groups excluding carboxylic acids is 3. The first-order valence-corrected chi connectivity index (χ1v) is 4.85. The molecular formula is C11H16O4. The van der Waals surface area contributed by atoms with Crippen molar-refractivity contribution in [3.05, 3.63) is 11.6 Å². The molecule has 0 bridgehead atoms. The standard InChI is InChI=1S/C11H16O4/c1-4-5-15-11(14)8(2)6-10(13)7-9(3)12/h6H,4-5,7H2,1-3H3. The first-order valence-electron chi connectivity index (χ1n) is 4.85. The van der Waals surface area contributed by atoms with Crippen LogP contribution in [0.5, 0.6) is 0 Å². The minimum atomic E-state index is -0.506. The highest BCUT2D eigenvalue weighted by Crippen LogP contribution is 1.99. The SMILES string of the molecule is CCCOC(=O)C(C)=CC(=O)CC(C)=O. The van der Waals surface area contributed by atoms with Crippen molar-refractivity contribution in [3.8, 4) is 0 Å². The Balaban J connectivity index is 4.23. The molecule has 4 heteroatoms. The topological polar surface area (TPSA) is 60.4 Å². The number of ketones is 2. The lowest BCUT2D eigenvalue weighted by Crippen LogP contribution is -2.09. The number of hydrogen-bond acceptors (Lipinski definition) is 4. The van der Waals surface area contributed by atoms with E-state index in [9.17, 15) is 14.4 Å². The van der Waals surface area contributed by atoms with E-state index >= 15 is 0 Å². The molecule has 0 rings (SSSR count). The van der Waals surface area contributed by atoms with Crippen LogP contribution in [-0.2, 0) is 19.1 Å². The molecule has 0 radical (unpaired) electrons. The minimum Gasteiger partial charge on any atom is -0.462 e. The van der Waals surface area contributed by atoms with Gasteiger partial charge < -0.3 is 4.74 Å². The molecule has 15 heavy (non-hydrogen) atoms. The van der Waals surface area contributed by atoms with Crippen LogP contribution in [-0.4, -0.2) is 24.1 Å².